The van der Waals surface area contributed by atoms with Crippen LogP contribution in [0.2, 0.25) is 0 Å². The zero-order valence-electron chi connectivity index (χ0n) is 21.8. The summed E-state index contributed by atoms with van der Waals surface area (Å²) in [5.74, 6) is 0.470. The van der Waals surface area contributed by atoms with Gasteiger partial charge in [0.1, 0.15) is 11.2 Å². The van der Waals surface area contributed by atoms with Crippen LogP contribution in [-0.4, -0.2) is 4.57 Å². The van der Waals surface area contributed by atoms with E-state index in [-0.39, 0.29) is 0 Å². The Kier molecular flexibility index (Phi) is 4.90. The van der Waals surface area contributed by atoms with Crippen LogP contribution in [-0.2, 0) is 6.42 Å². The molecule has 2 heterocycles. The number of nitrogens with zero attached hydrogens (tertiary/aromatic N) is 1. The summed E-state index contributed by atoms with van der Waals surface area (Å²) in [4.78, 5) is 0. The Morgan fingerprint density at radius 1 is 0.667 bits per heavy atom. The highest BCUT2D eigenvalue weighted by Gasteiger charge is 2.25. The maximum absolute atomic E-state index is 6.55. The van der Waals surface area contributed by atoms with Gasteiger partial charge in [-0.25, -0.2) is 0 Å². The molecule has 0 radical (unpaired) electrons. The van der Waals surface area contributed by atoms with Crippen LogP contribution in [0.3, 0.4) is 0 Å². The number of para-hydroxylation sites is 1. The van der Waals surface area contributed by atoms with E-state index in [1.54, 1.807) is 0 Å². The first kappa shape index (κ1) is 22.2. The van der Waals surface area contributed by atoms with Crippen molar-refractivity contribution in [2.24, 2.45) is 5.92 Å². The number of benzene rings is 5. The van der Waals surface area contributed by atoms with Gasteiger partial charge in [0.25, 0.3) is 0 Å². The lowest BCUT2D eigenvalue weighted by molar-refractivity contribution is 0.672. The Balaban J connectivity index is 1.47. The van der Waals surface area contributed by atoms with E-state index < -0.39 is 0 Å². The summed E-state index contributed by atoms with van der Waals surface area (Å²) in [5, 5.41) is 3.54. The summed E-state index contributed by atoms with van der Waals surface area (Å²) < 4.78 is 9.03. The van der Waals surface area contributed by atoms with Gasteiger partial charge in [0.2, 0.25) is 0 Å². The second-order valence-corrected chi connectivity index (χ2v) is 10.7. The average molecular weight is 502 g/mol. The van der Waals surface area contributed by atoms with E-state index in [1.165, 1.54) is 60.9 Å². The third kappa shape index (κ3) is 3.49. The van der Waals surface area contributed by atoms with E-state index >= 15 is 0 Å². The first-order valence-electron chi connectivity index (χ1n) is 13.7. The molecule has 7 aromatic rings. The quantitative estimate of drug-likeness (QED) is 0.235. The van der Waals surface area contributed by atoms with Crippen LogP contribution in [0.4, 0.5) is 0 Å². The van der Waals surface area contributed by atoms with E-state index in [2.05, 4.69) is 133 Å². The number of hydrogen-bond donors (Lipinski definition) is 0. The molecule has 0 N–H and O–H groups in total. The predicted molar refractivity (Wildman–Crippen MR) is 163 cm³/mol. The van der Waals surface area contributed by atoms with Gasteiger partial charge in [0.15, 0.2) is 0 Å². The minimum atomic E-state index is 0.470. The largest absolute Gasteiger partial charge is 0.455 e. The minimum absolute atomic E-state index is 0.470. The Morgan fingerprint density at radius 2 is 1.33 bits per heavy atom. The van der Waals surface area contributed by atoms with Crippen molar-refractivity contribution in [3.05, 3.63) is 133 Å². The molecule has 2 nitrogen and oxygen atoms in total. The summed E-state index contributed by atoms with van der Waals surface area (Å²) in [6.45, 7) is 2.30. The SMILES string of the molecule is CC1C=Cc2c(n(-c3cc(-c4ccccc4)cc(-c4ccccc4)c3)c3ccc4c5ccccc5oc4c23)C1. The number of fused-ring (bicyclic) bond motifs is 7. The zero-order chi connectivity index (χ0) is 25.9. The molecule has 1 aliphatic carbocycles. The van der Waals surface area contributed by atoms with Gasteiger partial charge >= 0.3 is 0 Å². The van der Waals surface area contributed by atoms with Gasteiger partial charge in [0, 0.05) is 27.7 Å². The fourth-order valence-corrected chi connectivity index (χ4v) is 6.28. The highest BCUT2D eigenvalue weighted by molar-refractivity contribution is 6.17. The lowest BCUT2D eigenvalue weighted by Crippen LogP contribution is -2.08. The normalized spacial score (nSPS) is 14.8. The molecular weight excluding hydrogens is 474 g/mol. The summed E-state index contributed by atoms with van der Waals surface area (Å²) in [7, 11) is 0. The monoisotopic (exact) mass is 501 g/mol. The molecule has 0 amide bonds. The van der Waals surface area contributed by atoms with Crippen LogP contribution in [0, 0.1) is 5.92 Å². The summed E-state index contributed by atoms with van der Waals surface area (Å²) >= 11 is 0. The maximum atomic E-state index is 6.55. The standard InChI is InChI=1S/C37H27NO/c1-24-16-17-32-34(20-24)38(33-19-18-31-30-14-8-9-15-35(30)39-37(31)36(32)33)29-22-27(25-10-4-2-5-11-25)21-28(23-29)26-12-6-3-7-13-26/h2-19,21-24H,20H2,1H3. The molecule has 1 atom stereocenters. The number of rotatable bonds is 3. The van der Waals surface area contributed by atoms with Gasteiger partial charge in [-0.15, -0.1) is 0 Å². The summed E-state index contributed by atoms with van der Waals surface area (Å²) in [6, 6.07) is 41.3. The van der Waals surface area contributed by atoms with Gasteiger partial charge < -0.3 is 8.98 Å². The van der Waals surface area contributed by atoms with Crippen LogP contribution < -0.4 is 0 Å². The van der Waals surface area contributed by atoms with E-state index in [0.717, 1.165) is 17.6 Å². The van der Waals surface area contributed by atoms with Crippen molar-refractivity contribution < 1.29 is 4.42 Å². The zero-order valence-corrected chi connectivity index (χ0v) is 21.8. The van der Waals surface area contributed by atoms with Gasteiger partial charge in [-0.3, -0.25) is 0 Å². The molecule has 39 heavy (non-hydrogen) atoms. The number of hydrogen-bond acceptors (Lipinski definition) is 1. The predicted octanol–water partition coefficient (Wildman–Crippen LogP) is 10.1. The molecule has 2 aromatic heterocycles. The average Bonchev–Trinajstić information content (AvgIpc) is 3.53. The molecule has 0 saturated carbocycles. The maximum Gasteiger partial charge on any atom is 0.145 e. The van der Waals surface area contributed by atoms with Crippen LogP contribution in [0.15, 0.2) is 126 Å². The lowest BCUT2D eigenvalue weighted by Gasteiger charge is -2.19. The van der Waals surface area contributed by atoms with Crippen LogP contribution in [0.25, 0.3) is 66.9 Å². The highest BCUT2D eigenvalue weighted by atomic mass is 16.3. The molecule has 0 saturated heterocycles. The number of aromatic nitrogens is 1. The molecule has 8 rings (SSSR count). The van der Waals surface area contributed by atoms with Crippen LogP contribution in [0.1, 0.15) is 18.2 Å². The van der Waals surface area contributed by atoms with E-state index in [0.29, 0.717) is 5.92 Å². The van der Waals surface area contributed by atoms with Crippen molar-refractivity contribution >= 4 is 38.9 Å². The number of furan rings is 1. The molecular formula is C37H27NO. The molecule has 186 valence electrons. The van der Waals surface area contributed by atoms with Crippen molar-refractivity contribution in [1.29, 1.82) is 0 Å². The van der Waals surface area contributed by atoms with E-state index in [4.69, 9.17) is 4.42 Å². The van der Waals surface area contributed by atoms with Crippen molar-refractivity contribution in [1.82, 2.24) is 4.57 Å². The van der Waals surface area contributed by atoms with Gasteiger partial charge in [-0.1, -0.05) is 97.9 Å². The van der Waals surface area contributed by atoms with Gasteiger partial charge in [-0.05, 0) is 71.0 Å². The molecule has 0 bridgehead atoms. The molecule has 1 unspecified atom stereocenters. The third-order valence-electron chi connectivity index (χ3n) is 8.11. The minimum Gasteiger partial charge on any atom is -0.455 e. The summed E-state index contributed by atoms with van der Waals surface area (Å²) in [6.07, 6.45) is 5.63. The molecule has 1 aliphatic rings. The second kappa shape index (κ2) is 8.61. The van der Waals surface area contributed by atoms with Crippen LogP contribution in [0.5, 0.6) is 0 Å². The smallest absolute Gasteiger partial charge is 0.145 e. The fourth-order valence-electron chi connectivity index (χ4n) is 6.28. The van der Waals surface area contributed by atoms with Crippen LogP contribution >= 0.6 is 0 Å². The van der Waals surface area contributed by atoms with Crippen molar-refractivity contribution in [2.75, 3.05) is 0 Å². The first-order chi connectivity index (χ1) is 19.2. The first-order valence-corrected chi connectivity index (χ1v) is 13.7. The Morgan fingerprint density at radius 3 is 2.05 bits per heavy atom. The van der Waals surface area contributed by atoms with Gasteiger partial charge in [0.05, 0.1) is 10.9 Å². The van der Waals surface area contributed by atoms with E-state index in [1.807, 2.05) is 6.07 Å². The lowest BCUT2D eigenvalue weighted by atomic mass is 9.94. The second-order valence-electron chi connectivity index (χ2n) is 10.7. The Hall–Kier alpha value is -4.82. The summed E-state index contributed by atoms with van der Waals surface area (Å²) in [5.41, 5.74) is 11.8. The van der Waals surface area contributed by atoms with Crippen molar-refractivity contribution in [3.8, 4) is 27.9 Å². The third-order valence-corrected chi connectivity index (χ3v) is 8.11. The molecule has 0 spiro atoms. The molecule has 0 aliphatic heterocycles. The molecule has 5 aromatic carbocycles. The Bertz CT molecular complexity index is 1980. The Labute approximate surface area is 227 Å². The highest BCUT2D eigenvalue weighted by Crippen LogP contribution is 2.43. The van der Waals surface area contributed by atoms with Crippen molar-refractivity contribution in [3.63, 3.8) is 0 Å². The molecule has 2 heteroatoms. The van der Waals surface area contributed by atoms with Gasteiger partial charge in [-0.2, -0.15) is 0 Å². The topological polar surface area (TPSA) is 18.1 Å². The number of allylic oxidation sites excluding steroid dienone is 1. The fraction of sp³-hybridized carbons (Fsp3) is 0.0811. The van der Waals surface area contributed by atoms with Crippen molar-refractivity contribution in [2.45, 2.75) is 13.3 Å². The molecule has 0 fully saturated rings. The van der Waals surface area contributed by atoms with E-state index in [9.17, 15) is 0 Å².